The van der Waals surface area contributed by atoms with Crippen LogP contribution >= 0.6 is 0 Å². The molecule has 0 bridgehead atoms. The fraction of sp³-hybridized carbons (Fsp3) is 0. The van der Waals surface area contributed by atoms with Crippen LogP contribution in [0.15, 0.2) is 119 Å². The first-order chi connectivity index (χ1) is 21.1. The van der Waals surface area contributed by atoms with E-state index in [1.54, 1.807) is 12.1 Å². The van der Waals surface area contributed by atoms with E-state index in [-0.39, 0.29) is 125 Å². The minimum Gasteiger partial charge on any atom is -0.282 e. The van der Waals surface area contributed by atoms with E-state index < -0.39 is 30.0 Å². The van der Waals surface area contributed by atoms with E-state index >= 15 is 0 Å². The number of rotatable bonds is 8. The molecule has 0 saturated heterocycles. The zero-order chi connectivity index (χ0) is 30.9. The Balaban J connectivity index is 0.00000240. The van der Waals surface area contributed by atoms with Gasteiger partial charge in [0.2, 0.25) is 0 Å². The van der Waals surface area contributed by atoms with Gasteiger partial charge in [-0.05, 0) is 35.4 Å². The molecule has 2 radical (unpaired) electrons. The first-order valence-corrected chi connectivity index (χ1v) is 15.8. The predicted octanol–water partition coefficient (Wildman–Crippen LogP) is 4.08. The molecule has 0 aliphatic carbocycles. The summed E-state index contributed by atoms with van der Waals surface area (Å²) in [6, 6.07) is 26.9. The summed E-state index contributed by atoms with van der Waals surface area (Å²) in [7, 11) is -9.45. The van der Waals surface area contributed by atoms with Crippen molar-refractivity contribution in [3.8, 4) is 33.9 Å². The van der Waals surface area contributed by atoms with Crippen molar-refractivity contribution >= 4 is 135 Å². The molecule has 0 aliphatic rings. The van der Waals surface area contributed by atoms with Gasteiger partial charge in [0, 0.05) is 114 Å². The maximum atomic E-state index is 12.3. The first-order valence-electron chi connectivity index (χ1n) is 12.9. The van der Waals surface area contributed by atoms with Crippen LogP contribution in [0.4, 0.5) is 0 Å². The topological polar surface area (TPSA) is 170 Å². The molecule has 0 unspecified atom stereocenters. The van der Waals surface area contributed by atoms with Gasteiger partial charge in [-0.25, -0.2) is 0 Å². The van der Waals surface area contributed by atoms with Crippen molar-refractivity contribution < 1.29 is 25.9 Å². The average molecular weight is 705 g/mol. The summed E-state index contributed by atoms with van der Waals surface area (Å²) in [5, 5.41) is 17.2. The Bertz CT molecular complexity index is 2080. The van der Waals surface area contributed by atoms with Crippen LogP contribution in [0.5, 0.6) is 0 Å². The van der Waals surface area contributed by atoms with Crippen LogP contribution in [0.1, 0.15) is 11.1 Å². The molecule has 2 aromatic heterocycles. The third-order valence-corrected chi connectivity index (χ3v) is 8.40. The second-order valence-electron chi connectivity index (χ2n) is 9.50. The SMILES string of the molecule is O=S(=O)(O)c1cc(-n2ncc(-c3ccccc3)n2)ccc1C=Cc1ccc(-n2ncc(-c3ccccc3)n2)cc1S(=O)(=O)O.[K].[K]. The largest absolute Gasteiger partial charge is 0.295 e. The molecule has 0 amide bonds. The van der Waals surface area contributed by atoms with E-state index in [2.05, 4.69) is 20.4 Å². The second-order valence-corrected chi connectivity index (χ2v) is 12.3. The molecular weight excluding hydrogens is 683 g/mol. The van der Waals surface area contributed by atoms with Gasteiger partial charge in [-0.15, -0.1) is 10.2 Å². The number of benzene rings is 4. The van der Waals surface area contributed by atoms with E-state index in [0.29, 0.717) is 11.4 Å². The van der Waals surface area contributed by atoms with Gasteiger partial charge in [-0.3, -0.25) is 9.11 Å². The Morgan fingerprint density at radius 1 is 0.543 bits per heavy atom. The first kappa shape index (κ1) is 36.8. The molecule has 2 heterocycles. The van der Waals surface area contributed by atoms with Gasteiger partial charge in [0.25, 0.3) is 20.2 Å². The van der Waals surface area contributed by atoms with Crippen molar-refractivity contribution in [1.29, 1.82) is 0 Å². The molecular formula is C30H22K2N6O6S2. The quantitative estimate of drug-likeness (QED) is 0.134. The monoisotopic (exact) mass is 704 g/mol. The summed E-state index contributed by atoms with van der Waals surface area (Å²) in [5.74, 6) is 0. The van der Waals surface area contributed by atoms with Crippen molar-refractivity contribution in [2.75, 3.05) is 0 Å². The minimum absolute atomic E-state index is 0. The second kappa shape index (κ2) is 15.5. The molecule has 12 nitrogen and oxygen atoms in total. The summed E-state index contributed by atoms with van der Waals surface area (Å²) >= 11 is 0. The van der Waals surface area contributed by atoms with Gasteiger partial charge in [0.1, 0.15) is 21.2 Å². The Hall–Kier alpha value is -2.01. The Labute approximate surface area is 349 Å². The van der Waals surface area contributed by atoms with Crippen molar-refractivity contribution in [1.82, 2.24) is 30.0 Å². The molecule has 0 spiro atoms. The van der Waals surface area contributed by atoms with E-state index in [9.17, 15) is 25.9 Å². The van der Waals surface area contributed by atoms with Crippen LogP contribution in [0, 0.1) is 0 Å². The summed E-state index contributed by atoms with van der Waals surface area (Å²) in [6.45, 7) is 0. The molecule has 16 heteroatoms. The number of hydrogen-bond acceptors (Lipinski definition) is 8. The molecule has 2 N–H and O–H groups in total. The predicted molar refractivity (Wildman–Crippen MR) is 174 cm³/mol. The Kier molecular flexibility index (Phi) is 12.4. The fourth-order valence-electron chi connectivity index (χ4n) is 4.45. The standard InChI is InChI=1S/C30H22N6O6S2.2K/c37-43(38,39)29-17-25(35-31-19-27(33-35)21-7-3-1-4-8-21)15-13-23(29)11-12-24-14-16-26(18-30(24)44(40,41)42)36-32-20-28(34-36)22-9-5-2-6-10-22;;/h1-20H,(H,37,38,39)(H,40,41,42);;. The summed E-state index contributed by atoms with van der Waals surface area (Å²) in [4.78, 5) is 1.55. The van der Waals surface area contributed by atoms with Gasteiger partial charge >= 0.3 is 0 Å². The smallest absolute Gasteiger partial charge is 0.282 e. The van der Waals surface area contributed by atoms with E-state index in [1.807, 2.05) is 60.7 Å². The fourth-order valence-corrected chi connectivity index (χ4v) is 5.86. The van der Waals surface area contributed by atoms with Crippen LogP contribution < -0.4 is 0 Å². The van der Waals surface area contributed by atoms with Crippen molar-refractivity contribution in [3.05, 3.63) is 121 Å². The number of nitrogens with zero attached hydrogens (tertiary/aromatic N) is 6. The Morgan fingerprint density at radius 3 is 1.26 bits per heavy atom. The van der Waals surface area contributed by atoms with Crippen LogP contribution in [0.3, 0.4) is 0 Å². The molecule has 6 rings (SSSR count). The molecule has 0 aliphatic heterocycles. The van der Waals surface area contributed by atoms with Crippen LogP contribution in [0.25, 0.3) is 46.0 Å². The van der Waals surface area contributed by atoms with Gasteiger partial charge in [0.15, 0.2) is 0 Å². The van der Waals surface area contributed by atoms with E-state index in [1.165, 1.54) is 58.4 Å². The Morgan fingerprint density at radius 2 is 0.913 bits per heavy atom. The number of aromatic nitrogens is 6. The van der Waals surface area contributed by atoms with Crippen molar-refractivity contribution in [3.63, 3.8) is 0 Å². The molecule has 0 fully saturated rings. The van der Waals surface area contributed by atoms with Gasteiger partial charge in [0.05, 0.1) is 23.8 Å². The molecule has 6 aromatic rings. The molecule has 4 aromatic carbocycles. The third-order valence-electron chi connectivity index (χ3n) is 6.58. The molecule has 0 atom stereocenters. The van der Waals surface area contributed by atoms with Crippen LogP contribution in [0.2, 0.25) is 0 Å². The van der Waals surface area contributed by atoms with Crippen molar-refractivity contribution in [2.24, 2.45) is 0 Å². The summed E-state index contributed by atoms with van der Waals surface area (Å²) in [6.07, 6.45) is 5.67. The summed E-state index contributed by atoms with van der Waals surface area (Å²) in [5.41, 5.74) is 3.39. The van der Waals surface area contributed by atoms with E-state index in [0.717, 1.165) is 11.1 Å². The van der Waals surface area contributed by atoms with Crippen LogP contribution in [-0.4, -0.2) is 159 Å². The number of hydrogen-bond donors (Lipinski definition) is 2. The zero-order valence-corrected chi connectivity index (χ0v) is 32.5. The van der Waals surface area contributed by atoms with Crippen molar-refractivity contribution in [2.45, 2.75) is 9.79 Å². The average Bonchev–Trinajstić information content (AvgIpc) is 3.71. The third kappa shape index (κ3) is 8.52. The molecule has 46 heavy (non-hydrogen) atoms. The minimum atomic E-state index is -4.72. The molecule has 0 saturated carbocycles. The molecule has 222 valence electrons. The normalized spacial score (nSPS) is 11.6. The van der Waals surface area contributed by atoms with Gasteiger partial charge in [-0.2, -0.15) is 36.6 Å². The van der Waals surface area contributed by atoms with Crippen LogP contribution in [-0.2, 0) is 20.2 Å². The zero-order valence-electron chi connectivity index (χ0n) is 24.6. The maximum absolute atomic E-state index is 12.3. The maximum Gasteiger partial charge on any atom is 0.295 e. The summed E-state index contributed by atoms with van der Waals surface area (Å²) < 4.78 is 69.3. The van der Waals surface area contributed by atoms with E-state index in [4.69, 9.17) is 0 Å². The van der Waals surface area contributed by atoms with Gasteiger partial charge < -0.3 is 0 Å². The van der Waals surface area contributed by atoms with Gasteiger partial charge in [-0.1, -0.05) is 84.9 Å².